The van der Waals surface area contributed by atoms with Crippen LogP contribution in [-0.4, -0.2) is 33.8 Å². The smallest absolute Gasteiger partial charge is 0.335 e. The summed E-state index contributed by atoms with van der Waals surface area (Å²) >= 11 is 0. The Morgan fingerprint density at radius 3 is 2.95 bits per heavy atom. The first-order valence-electron chi connectivity index (χ1n) is 6.08. The molecule has 0 unspecified atom stereocenters. The Labute approximate surface area is 114 Å². The van der Waals surface area contributed by atoms with Gasteiger partial charge in [-0.05, 0) is 24.1 Å². The van der Waals surface area contributed by atoms with Crippen molar-refractivity contribution >= 4 is 23.4 Å². The number of nitrogens with zero attached hydrogens (tertiary/aromatic N) is 2. The van der Waals surface area contributed by atoms with Crippen molar-refractivity contribution < 1.29 is 14.7 Å². The summed E-state index contributed by atoms with van der Waals surface area (Å²) in [6, 6.07) is 4.54. The number of aromatic carboxylic acids is 1. The molecular weight excluding hydrogens is 260 g/mol. The highest BCUT2D eigenvalue weighted by atomic mass is 16.4. The molecule has 0 spiro atoms. The molecule has 3 N–H and O–H groups in total. The number of fused-ring (bicyclic) bond motifs is 1. The molecule has 0 bridgehead atoms. The highest BCUT2D eigenvalue weighted by Crippen LogP contribution is 2.29. The van der Waals surface area contributed by atoms with E-state index in [0.29, 0.717) is 24.3 Å². The van der Waals surface area contributed by atoms with E-state index in [4.69, 9.17) is 5.11 Å². The van der Waals surface area contributed by atoms with Crippen LogP contribution < -0.4 is 10.2 Å². The molecular formula is C13H12N4O3. The third kappa shape index (κ3) is 2.09. The predicted molar refractivity (Wildman–Crippen MR) is 72.1 cm³/mol. The lowest BCUT2D eigenvalue weighted by Gasteiger charge is -2.17. The van der Waals surface area contributed by atoms with Crippen molar-refractivity contribution in [1.29, 1.82) is 0 Å². The number of anilines is 2. The number of urea groups is 1. The summed E-state index contributed by atoms with van der Waals surface area (Å²) in [5.74, 6) is -1.00. The molecule has 0 saturated heterocycles. The maximum atomic E-state index is 12.2. The molecule has 7 nitrogen and oxygen atoms in total. The van der Waals surface area contributed by atoms with Gasteiger partial charge in [-0.25, -0.2) is 9.59 Å². The summed E-state index contributed by atoms with van der Waals surface area (Å²) in [7, 11) is 0. The number of rotatable bonds is 2. The largest absolute Gasteiger partial charge is 0.478 e. The number of aromatic amines is 1. The molecule has 0 aliphatic carbocycles. The number of carboxylic acids is 1. The molecule has 1 aromatic heterocycles. The van der Waals surface area contributed by atoms with Crippen molar-refractivity contribution in [2.45, 2.75) is 6.42 Å². The van der Waals surface area contributed by atoms with Crippen LogP contribution >= 0.6 is 0 Å². The molecule has 7 heteroatoms. The van der Waals surface area contributed by atoms with Crippen molar-refractivity contribution in [3.05, 3.63) is 41.7 Å². The third-order valence-electron chi connectivity index (χ3n) is 3.22. The summed E-state index contributed by atoms with van der Waals surface area (Å²) in [5, 5.41) is 18.1. The number of hydrogen-bond donors (Lipinski definition) is 3. The molecule has 2 heterocycles. The van der Waals surface area contributed by atoms with Crippen LogP contribution in [0.4, 0.5) is 16.2 Å². The van der Waals surface area contributed by atoms with Gasteiger partial charge in [0.2, 0.25) is 0 Å². The first-order valence-corrected chi connectivity index (χ1v) is 6.08. The quantitative estimate of drug-likeness (QED) is 0.775. The fourth-order valence-corrected chi connectivity index (χ4v) is 2.23. The van der Waals surface area contributed by atoms with Gasteiger partial charge < -0.3 is 10.4 Å². The Hall–Kier alpha value is -2.83. The average Bonchev–Trinajstić information content (AvgIpc) is 3.06. The van der Waals surface area contributed by atoms with E-state index < -0.39 is 5.97 Å². The molecule has 102 valence electrons. The van der Waals surface area contributed by atoms with E-state index in [0.717, 1.165) is 5.56 Å². The highest BCUT2D eigenvalue weighted by Gasteiger charge is 2.25. The van der Waals surface area contributed by atoms with Gasteiger partial charge in [-0.1, -0.05) is 6.07 Å². The Balaban J connectivity index is 1.86. The molecule has 0 atom stereocenters. The summed E-state index contributed by atoms with van der Waals surface area (Å²) in [5.41, 5.74) is 2.35. The number of carbonyl (C=O) groups is 2. The predicted octanol–water partition coefficient (Wildman–Crippen LogP) is 1.70. The fraction of sp³-hybridized carbons (Fsp3) is 0.154. The van der Waals surface area contributed by atoms with Gasteiger partial charge in [0.15, 0.2) is 0 Å². The minimum atomic E-state index is -1.00. The monoisotopic (exact) mass is 272 g/mol. The first-order chi connectivity index (χ1) is 9.65. The summed E-state index contributed by atoms with van der Waals surface area (Å²) in [6.45, 7) is 0.530. The normalized spacial score (nSPS) is 13.1. The number of carbonyl (C=O) groups excluding carboxylic acids is 1. The highest BCUT2D eigenvalue weighted by molar-refractivity contribution is 6.03. The van der Waals surface area contributed by atoms with Crippen molar-refractivity contribution in [3.63, 3.8) is 0 Å². The van der Waals surface area contributed by atoms with E-state index in [1.807, 2.05) is 0 Å². The van der Waals surface area contributed by atoms with Crippen molar-refractivity contribution in [2.75, 3.05) is 16.8 Å². The summed E-state index contributed by atoms with van der Waals surface area (Å²) in [4.78, 5) is 24.7. The number of nitrogens with one attached hydrogen (secondary N) is 2. The van der Waals surface area contributed by atoms with Crippen LogP contribution in [0, 0.1) is 0 Å². The average molecular weight is 272 g/mol. The van der Waals surface area contributed by atoms with E-state index in [1.54, 1.807) is 18.3 Å². The van der Waals surface area contributed by atoms with Gasteiger partial charge in [-0.3, -0.25) is 10.00 Å². The molecule has 1 aromatic carbocycles. The topological polar surface area (TPSA) is 98.3 Å². The van der Waals surface area contributed by atoms with Gasteiger partial charge in [0.05, 0.1) is 17.4 Å². The molecule has 2 aromatic rings. The summed E-state index contributed by atoms with van der Waals surface area (Å²) in [6.07, 6.45) is 3.79. The van der Waals surface area contributed by atoms with Crippen LogP contribution in [0.5, 0.6) is 0 Å². The van der Waals surface area contributed by atoms with Gasteiger partial charge in [0.1, 0.15) is 0 Å². The lowest BCUT2D eigenvalue weighted by Crippen LogP contribution is -2.33. The number of benzene rings is 1. The fourth-order valence-electron chi connectivity index (χ4n) is 2.23. The molecule has 1 aliphatic heterocycles. The van der Waals surface area contributed by atoms with Crippen LogP contribution in [0.25, 0.3) is 0 Å². The van der Waals surface area contributed by atoms with E-state index >= 15 is 0 Å². The van der Waals surface area contributed by atoms with E-state index in [9.17, 15) is 9.59 Å². The Bertz CT molecular complexity index is 666. The lowest BCUT2D eigenvalue weighted by atomic mass is 10.1. The van der Waals surface area contributed by atoms with Crippen molar-refractivity contribution in [2.24, 2.45) is 0 Å². The number of aromatic nitrogens is 2. The summed E-state index contributed by atoms with van der Waals surface area (Å²) < 4.78 is 0. The minimum absolute atomic E-state index is 0.173. The number of carboxylic acid groups (broad SMARTS) is 1. The van der Waals surface area contributed by atoms with Gasteiger partial charge >= 0.3 is 12.0 Å². The van der Waals surface area contributed by atoms with Gasteiger partial charge in [0.25, 0.3) is 0 Å². The van der Waals surface area contributed by atoms with E-state index in [2.05, 4.69) is 15.5 Å². The van der Waals surface area contributed by atoms with Crippen molar-refractivity contribution in [3.8, 4) is 0 Å². The molecule has 0 saturated carbocycles. The maximum Gasteiger partial charge on any atom is 0.335 e. The third-order valence-corrected chi connectivity index (χ3v) is 3.22. The number of hydrogen-bond acceptors (Lipinski definition) is 3. The van der Waals surface area contributed by atoms with Gasteiger partial charge in [0, 0.05) is 18.4 Å². The second-order valence-electron chi connectivity index (χ2n) is 4.47. The standard InChI is InChI=1S/C13H12N4O3/c18-12(19)9-2-1-8-3-4-17(11(8)5-9)13(20)16-10-6-14-15-7-10/h1-2,5-7H,3-4H2,(H,14,15)(H,16,20)(H,18,19). The molecule has 1 aliphatic rings. The Morgan fingerprint density at radius 1 is 1.40 bits per heavy atom. The second kappa shape index (κ2) is 4.69. The number of H-pyrrole nitrogens is 1. The molecule has 20 heavy (non-hydrogen) atoms. The van der Waals surface area contributed by atoms with Crippen LogP contribution in [-0.2, 0) is 6.42 Å². The van der Waals surface area contributed by atoms with Crippen LogP contribution in [0.15, 0.2) is 30.6 Å². The van der Waals surface area contributed by atoms with E-state index in [-0.39, 0.29) is 11.6 Å². The second-order valence-corrected chi connectivity index (χ2v) is 4.47. The Kier molecular flexibility index (Phi) is 2.86. The SMILES string of the molecule is O=C(O)c1ccc2c(c1)N(C(=O)Nc1cn[nH]c1)CC2. The first kappa shape index (κ1) is 12.2. The minimum Gasteiger partial charge on any atom is -0.478 e. The zero-order chi connectivity index (χ0) is 14.1. The van der Waals surface area contributed by atoms with Crippen LogP contribution in [0.1, 0.15) is 15.9 Å². The van der Waals surface area contributed by atoms with Crippen LogP contribution in [0.3, 0.4) is 0 Å². The lowest BCUT2D eigenvalue weighted by molar-refractivity contribution is 0.0697. The molecule has 2 amide bonds. The molecule has 0 radical (unpaired) electrons. The zero-order valence-corrected chi connectivity index (χ0v) is 10.5. The van der Waals surface area contributed by atoms with E-state index in [1.165, 1.54) is 17.2 Å². The van der Waals surface area contributed by atoms with Gasteiger partial charge in [-0.15, -0.1) is 0 Å². The molecule has 0 fully saturated rings. The van der Waals surface area contributed by atoms with Crippen molar-refractivity contribution in [1.82, 2.24) is 10.2 Å². The maximum absolute atomic E-state index is 12.2. The zero-order valence-electron chi connectivity index (χ0n) is 10.5. The molecule has 3 rings (SSSR count). The van der Waals surface area contributed by atoms with Crippen LogP contribution in [0.2, 0.25) is 0 Å². The number of amides is 2. The van der Waals surface area contributed by atoms with Gasteiger partial charge in [-0.2, -0.15) is 5.10 Å². The Morgan fingerprint density at radius 2 is 2.25 bits per heavy atom.